The van der Waals surface area contributed by atoms with E-state index < -0.39 is 6.10 Å². The number of carbonyl (C=O) groups excluding carboxylic acids is 1. The van der Waals surface area contributed by atoms with Crippen LogP contribution in [0, 0.1) is 0 Å². The summed E-state index contributed by atoms with van der Waals surface area (Å²) < 4.78 is 10.8. The lowest BCUT2D eigenvalue weighted by Crippen LogP contribution is -2.51. The van der Waals surface area contributed by atoms with Gasteiger partial charge < -0.3 is 24.5 Å². The zero-order valence-corrected chi connectivity index (χ0v) is 15.4. The first-order valence-electron chi connectivity index (χ1n) is 9.70. The monoisotopic (exact) mass is 370 g/mol. The molecule has 1 aliphatic carbocycles. The molecule has 0 radical (unpaired) electrons. The van der Waals surface area contributed by atoms with E-state index in [4.69, 9.17) is 9.15 Å². The fourth-order valence-electron chi connectivity index (χ4n) is 4.06. The predicted molar refractivity (Wildman–Crippen MR) is 102 cm³/mol. The van der Waals surface area contributed by atoms with E-state index in [2.05, 4.69) is 11.4 Å². The first kappa shape index (κ1) is 18.1. The van der Waals surface area contributed by atoms with E-state index in [1.165, 1.54) is 17.5 Å². The molecule has 2 amide bonds. The molecule has 2 N–H and O–H groups in total. The number of aryl methyl sites for hydroxylation is 1. The average Bonchev–Trinajstić information content (AvgIpc) is 3.24. The second kappa shape index (κ2) is 8.15. The number of nitrogens with one attached hydrogen (secondary N) is 1. The van der Waals surface area contributed by atoms with Gasteiger partial charge in [-0.3, -0.25) is 0 Å². The van der Waals surface area contributed by atoms with Crippen LogP contribution in [0.2, 0.25) is 0 Å². The number of furan rings is 1. The summed E-state index contributed by atoms with van der Waals surface area (Å²) in [4.78, 5) is 14.8. The summed E-state index contributed by atoms with van der Waals surface area (Å²) in [6.07, 6.45) is 5.62. The number of aliphatic hydroxyl groups is 1. The normalized spacial score (nSPS) is 20.8. The number of anilines is 1. The van der Waals surface area contributed by atoms with E-state index in [-0.39, 0.29) is 12.1 Å². The Morgan fingerprint density at radius 2 is 2.15 bits per heavy atom. The van der Waals surface area contributed by atoms with Gasteiger partial charge >= 0.3 is 6.03 Å². The Balaban J connectivity index is 1.46. The molecule has 27 heavy (non-hydrogen) atoms. The van der Waals surface area contributed by atoms with Gasteiger partial charge in [0.25, 0.3) is 0 Å². The number of urea groups is 1. The van der Waals surface area contributed by atoms with Crippen molar-refractivity contribution in [1.29, 1.82) is 0 Å². The van der Waals surface area contributed by atoms with Gasteiger partial charge in [-0.15, -0.1) is 0 Å². The molecule has 2 aromatic rings. The van der Waals surface area contributed by atoms with Crippen LogP contribution in [0.15, 0.2) is 41.0 Å². The molecule has 2 atom stereocenters. The molecule has 1 aromatic carbocycles. The van der Waals surface area contributed by atoms with Crippen molar-refractivity contribution in [1.82, 2.24) is 4.90 Å². The minimum Gasteiger partial charge on any atom is -0.467 e. The van der Waals surface area contributed by atoms with Crippen molar-refractivity contribution in [2.75, 3.05) is 25.1 Å². The van der Waals surface area contributed by atoms with Crippen molar-refractivity contribution in [3.63, 3.8) is 0 Å². The molecular formula is C21H26N2O4. The minimum atomic E-state index is -0.758. The van der Waals surface area contributed by atoms with Crippen LogP contribution in [-0.2, 0) is 17.6 Å². The van der Waals surface area contributed by atoms with Gasteiger partial charge in [-0.05, 0) is 55.0 Å². The summed E-state index contributed by atoms with van der Waals surface area (Å²) >= 11 is 0. The topological polar surface area (TPSA) is 74.9 Å². The van der Waals surface area contributed by atoms with Crippen LogP contribution in [0.3, 0.4) is 0 Å². The van der Waals surface area contributed by atoms with Crippen LogP contribution in [0.4, 0.5) is 10.5 Å². The molecular weight excluding hydrogens is 344 g/mol. The fraction of sp³-hybridized carbons (Fsp3) is 0.476. The van der Waals surface area contributed by atoms with E-state index in [0.717, 1.165) is 24.9 Å². The first-order chi connectivity index (χ1) is 13.2. The molecule has 2 aliphatic rings. The fourth-order valence-corrected chi connectivity index (χ4v) is 4.06. The molecule has 1 aliphatic heterocycles. The number of ether oxygens (including phenoxy) is 1. The van der Waals surface area contributed by atoms with E-state index in [1.54, 1.807) is 23.3 Å². The third kappa shape index (κ3) is 4.01. The summed E-state index contributed by atoms with van der Waals surface area (Å²) in [6.45, 7) is 1.43. The maximum atomic E-state index is 13.0. The molecule has 1 aromatic heterocycles. The second-order valence-corrected chi connectivity index (χ2v) is 7.27. The third-order valence-electron chi connectivity index (χ3n) is 5.49. The van der Waals surface area contributed by atoms with Crippen molar-refractivity contribution in [2.45, 2.75) is 44.2 Å². The van der Waals surface area contributed by atoms with Crippen LogP contribution in [0.25, 0.3) is 0 Å². The van der Waals surface area contributed by atoms with Crippen LogP contribution >= 0.6 is 0 Å². The number of fused-ring (bicyclic) bond motifs is 1. The molecule has 1 fully saturated rings. The lowest BCUT2D eigenvalue weighted by atomic mass is 9.90. The number of amides is 2. The van der Waals surface area contributed by atoms with Crippen LogP contribution in [0.5, 0.6) is 0 Å². The molecule has 0 unspecified atom stereocenters. The second-order valence-electron chi connectivity index (χ2n) is 7.27. The van der Waals surface area contributed by atoms with Gasteiger partial charge in [-0.25, -0.2) is 4.79 Å². The highest BCUT2D eigenvalue weighted by molar-refractivity contribution is 5.90. The van der Waals surface area contributed by atoms with Crippen LogP contribution < -0.4 is 5.32 Å². The zero-order valence-electron chi connectivity index (χ0n) is 15.4. The number of rotatable bonds is 4. The number of hydrogen-bond donors (Lipinski definition) is 2. The number of benzene rings is 1. The molecule has 1 saturated heterocycles. The Bertz CT molecular complexity index is 774. The van der Waals surface area contributed by atoms with Crippen molar-refractivity contribution >= 4 is 11.7 Å². The Morgan fingerprint density at radius 3 is 3.00 bits per heavy atom. The van der Waals surface area contributed by atoms with Crippen molar-refractivity contribution in [2.24, 2.45) is 0 Å². The molecule has 144 valence electrons. The maximum absolute atomic E-state index is 13.0. The van der Waals surface area contributed by atoms with E-state index in [9.17, 15) is 9.90 Å². The highest BCUT2D eigenvalue weighted by atomic mass is 16.5. The molecule has 0 spiro atoms. The van der Waals surface area contributed by atoms with Gasteiger partial charge in [0.15, 0.2) is 0 Å². The highest BCUT2D eigenvalue weighted by Gasteiger charge is 2.30. The Kier molecular flexibility index (Phi) is 5.45. The minimum absolute atomic E-state index is 0.131. The largest absolute Gasteiger partial charge is 0.467 e. The molecule has 2 heterocycles. The Hall–Kier alpha value is -2.31. The Labute approximate surface area is 159 Å². The lowest BCUT2D eigenvalue weighted by molar-refractivity contribution is -0.00713. The molecule has 0 saturated carbocycles. The number of nitrogens with zero attached hydrogens (tertiary/aromatic N) is 1. The summed E-state index contributed by atoms with van der Waals surface area (Å²) in [5, 5.41) is 13.5. The van der Waals surface area contributed by atoms with Gasteiger partial charge in [0, 0.05) is 18.7 Å². The first-order valence-corrected chi connectivity index (χ1v) is 9.70. The quantitative estimate of drug-likeness (QED) is 0.864. The van der Waals surface area contributed by atoms with E-state index >= 15 is 0 Å². The smallest absolute Gasteiger partial charge is 0.322 e. The summed E-state index contributed by atoms with van der Waals surface area (Å²) in [5.74, 6) is 0.512. The van der Waals surface area contributed by atoms with Crippen molar-refractivity contribution in [3.8, 4) is 0 Å². The molecule has 6 heteroatoms. The Morgan fingerprint density at radius 1 is 1.26 bits per heavy atom. The zero-order chi connectivity index (χ0) is 18.6. The number of aliphatic hydroxyl groups excluding tert-OH is 1. The standard InChI is InChI=1S/C21H26N2O4/c24-19(20-9-4-11-27-20)13-16-14-26-12-10-23(16)21(25)22-18-8-3-6-15-5-1-2-7-17(15)18/h3-4,6,8-9,11,16,19,24H,1-2,5,7,10,12-14H2,(H,22,25)/t16-,19+/m0/s1. The number of hydrogen-bond acceptors (Lipinski definition) is 4. The third-order valence-corrected chi connectivity index (χ3v) is 5.49. The highest BCUT2D eigenvalue weighted by Crippen LogP contribution is 2.29. The van der Waals surface area contributed by atoms with Gasteiger partial charge in [-0.2, -0.15) is 0 Å². The molecule has 0 bridgehead atoms. The van der Waals surface area contributed by atoms with Crippen molar-refractivity contribution in [3.05, 3.63) is 53.5 Å². The summed E-state index contributed by atoms with van der Waals surface area (Å²) in [5.41, 5.74) is 3.51. The molecule has 6 nitrogen and oxygen atoms in total. The van der Waals surface area contributed by atoms with Gasteiger partial charge in [-0.1, -0.05) is 12.1 Å². The van der Waals surface area contributed by atoms with Gasteiger partial charge in [0.05, 0.1) is 25.5 Å². The predicted octanol–water partition coefficient (Wildman–Crippen LogP) is 3.51. The number of morpholine rings is 1. The SMILES string of the molecule is O=C(Nc1cccc2c1CCCC2)N1CCOC[C@@H]1C[C@@H](O)c1ccco1. The summed E-state index contributed by atoms with van der Waals surface area (Å²) in [6, 6.07) is 9.31. The lowest BCUT2D eigenvalue weighted by Gasteiger charge is -2.36. The van der Waals surface area contributed by atoms with Gasteiger partial charge in [0.2, 0.25) is 0 Å². The van der Waals surface area contributed by atoms with Crippen LogP contribution in [-0.4, -0.2) is 41.8 Å². The van der Waals surface area contributed by atoms with Crippen LogP contribution in [0.1, 0.15) is 42.3 Å². The van der Waals surface area contributed by atoms with E-state index in [1.807, 2.05) is 12.1 Å². The number of carbonyl (C=O) groups is 1. The summed E-state index contributed by atoms with van der Waals surface area (Å²) in [7, 11) is 0. The van der Waals surface area contributed by atoms with Gasteiger partial charge in [0.1, 0.15) is 11.9 Å². The molecule has 4 rings (SSSR count). The van der Waals surface area contributed by atoms with E-state index in [0.29, 0.717) is 31.9 Å². The maximum Gasteiger partial charge on any atom is 0.322 e. The average molecular weight is 370 g/mol. The van der Waals surface area contributed by atoms with Crippen molar-refractivity contribution < 1.29 is 19.1 Å².